The number of para-hydroxylation sites is 3. The Balaban J connectivity index is 2.20. The number of carbonyl (C=O) groups is 1. The number of carbonyl (C=O) groups excluding carboxylic acids is 1. The molecule has 0 radical (unpaired) electrons. The molecule has 2 aromatic carbocycles. The van der Waals surface area contributed by atoms with E-state index in [1.165, 1.54) is 4.90 Å². The zero-order valence-electron chi connectivity index (χ0n) is 10.9. The standard InChI is InChI=1S/C15H13N3OS/c1-17-13-10-6-5-9-12(13)16-14(17)18(15(19)20)11-7-3-2-4-8-11/h2-10H,1H3,(H,19,20). The third-order valence-electron chi connectivity index (χ3n) is 3.17. The monoisotopic (exact) mass is 283 g/mol. The fourth-order valence-corrected chi connectivity index (χ4v) is 2.43. The summed E-state index contributed by atoms with van der Waals surface area (Å²) in [4.78, 5) is 17.9. The molecule has 4 nitrogen and oxygen atoms in total. The molecule has 0 saturated heterocycles. The van der Waals surface area contributed by atoms with Gasteiger partial charge in [0.15, 0.2) is 0 Å². The van der Waals surface area contributed by atoms with E-state index in [-0.39, 0.29) is 5.24 Å². The van der Waals surface area contributed by atoms with Crippen LogP contribution in [0, 0.1) is 0 Å². The Morgan fingerprint density at radius 2 is 1.75 bits per heavy atom. The van der Waals surface area contributed by atoms with Crippen molar-refractivity contribution in [1.82, 2.24) is 9.55 Å². The molecule has 5 heteroatoms. The average Bonchev–Trinajstić information content (AvgIpc) is 2.78. The van der Waals surface area contributed by atoms with Crippen LogP contribution in [0.5, 0.6) is 0 Å². The minimum Gasteiger partial charge on any atom is -0.313 e. The van der Waals surface area contributed by atoms with Crippen molar-refractivity contribution in [2.24, 2.45) is 7.05 Å². The van der Waals surface area contributed by atoms with Crippen molar-refractivity contribution in [2.45, 2.75) is 0 Å². The predicted molar refractivity (Wildman–Crippen MR) is 83.7 cm³/mol. The van der Waals surface area contributed by atoms with Crippen LogP contribution in [0.3, 0.4) is 0 Å². The molecule has 0 aliphatic rings. The molecule has 0 aliphatic carbocycles. The van der Waals surface area contributed by atoms with Crippen LogP contribution in [-0.4, -0.2) is 14.8 Å². The van der Waals surface area contributed by atoms with Crippen molar-refractivity contribution < 1.29 is 4.79 Å². The Morgan fingerprint density at radius 3 is 2.40 bits per heavy atom. The fraction of sp³-hybridized carbons (Fsp3) is 0.0667. The van der Waals surface area contributed by atoms with E-state index in [2.05, 4.69) is 17.6 Å². The summed E-state index contributed by atoms with van der Waals surface area (Å²) in [5.74, 6) is 0.553. The van der Waals surface area contributed by atoms with E-state index in [0.29, 0.717) is 5.95 Å². The van der Waals surface area contributed by atoms with Crippen molar-refractivity contribution in [3.63, 3.8) is 0 Å². The third kappa shape index (κ3) is 2.06. The lowest BCUT2D eigenvalue weighted by molar-refractivity contribution is 0.267. The second-order valence-corrected chi connectivity index (χ2v) is 4.80. The molecule has 0 fully saturated rings. The van der Waals surface area contributed by atoms with Crippen LogP contribution in [0.2, 0.25) is 0 Å². The molecule has 3 aromatic rings. The van der Waals surface area contributed by atoms with Crippen molar-refractivity contribution in [1.29, 1.82) is 0 Å². The summed E-state index contributed by atoms with van der Waals surface area (Å²) in [6, 6.07) is 17.1. The number of aryl methyl sites for hydroxylation is 1. The van der Waals surface area contributed by atoms with Crippen LogP contribution in [0.15, 0.2) is 54.6 Å². The number of fused-ring (bicyclic) bond motifs is 1. The number of rotatable bonds is 2. The molecule has 0 N–H and O–H groups in total. The summed E-state index contributed by atoms with van der Waals surface area (Å²) < 4.78 is 1.89. The third-order valence-corrected chi connectivity index (χ3v) is 3.37. The van der Waals surface area contributed by atoms with Gasteiger partial charge in [-0.05, 0) is 24.3 Å². The van der Waals surface area contributed by atoms with Crippen LogP contribution >= 0.6 is 12.6 Å². The minimum atomic E-state index is -0.366. The van der Waals surface area contributed by atoms with Gasteiger partial charge in [-0.2, -0.15) is 0 Å². The maximum Gasteiger partial charge on any atom is 0.289 e. The summed E-state index contributed by atoms with van der Waals surface area (Å²) >= 11 is 3.98. The minimum absolute atomic E-state index is 0.366. The Labute approximate surface area is 122 Å². The topological polar surface area (TPSA) is 38.1 Å². The van der Waals surface area contributed by atoms with Crippen molar-refractivity contribution in [3.05, 3.63) is 54.6 Å². The van der Waals surface area contributed by atoms with Gasteiger partial charge >= 0.3 is 0 Å². The van der Waals surface area contributed by atoms with Gasteiger partial charge in [-0.3, -0.25) is 4.79 Å². The Bertz CT molecular complexity index is 767. The van der Waals surface area contributed by atoms with Gasteiger partial charge < -0.3 is 4.57 Å². The molecule has 0 saturated carbocycles. The fourth-order valence-electron chi connectivity index (χ4n) is 2.22. The molecule has 0 unspecified atom stereocenters. The van der Waals surface area contributed by atoms with Crippen molar-refractivity contribution >= 4 is 40.5 Å². The van der Waals surface area contributed by atoms with Gasteiger partial charge in [0, 0.05) is 7.05 Å². The van der Waals surface area contributed by atoms with E-state index in [9.17, 15) is 4.79 Å². The van der Waals surface area contributed by atoms with E-state index < -0.39 is 0 Å². The van der Waals surface area contributed by atoms with Gasteiger partial charge in [-0.15, -0.1) is 0 Å². The number of anilines is 2. The van der Waals surface area contributed by atoms with Gasteiger partial charge in [0.2, 0.25) is 5.95 Å². The number of thiol groups is 1. The average molecular weight is 283 g/mol. The predicted octanol–water partition coefficient (Wildman–Crippen LogP) is 3.76. The number of imidazole rings is 1. The van der Waals surface area contributed by atoms with Gasteiger partial charge in [-0.1, -0.05) is 43.0 Å². The zero-order valence-corrected chi connectivity index (χ0v) is 11.8. The van der Waals surface area contributed by atoms with Crippen LogP contribution < -0.4 is 4.90 Å². The lowest BCUT2D eigenvalue weighted by Crippen LogP contribution is -2.22. The van der Waals surface area contributed by atoms with E-state index in [4.69, 9.17) is 0 Å². The highest BCUT2D eigenvalue weighted by molar-refractivity contribution is 7.97. The number of aromatic nitrogens is 2. The summed E-state index contributed by atoms with van der Waals surface area (Å²) in [7, 11) is 1.89. The highest BCUT2D eigenvalue weighted by atomic mass is 32.1. The molecule has 20 heavy (non-hydrogen) atoms. The van der Waals surface area contributed by atoms with Gasteiger partial charge in [0.1, 0.15) is 0 Å². The zero-order chi connectivity index (χ0) is 14.1. The first-order chi connectivity index (χ1) is 9.68. The highest BCUT2D eigenvalue weighted by Gasteiger charge is 2.20. The maximum atomic E-state index is 11.9. The normalized spacial score (nSPS) is 10.7. The van der Waals surface area contributed by atoms with Crippen LogP contribution in [0.25, 0.3) is 11.0 Å². The van der Waals surface area contributed by atoms with Crippen LogP contribution in [0.1, 0.15) is 0 Å². The molecule has 0 bridgehead atoms. The summed E-state index contributed by atoms with van der Waals surface area (Å²) in [5.41, 5.74) is 2.56. The highest BCUT2D eigenvalue weighted by Crippen LogP contribution is 2.28. The summed E-state index contributed by atoms with van der Waals surface area (Å²) in [6.45, 7) is 0. The lowest BCUT2D eigenvalue weighted by Gasteiger charge is -2.19. The Kier molecular flexibility index (Phi) is 3.20. The van der Waals surface area contributed by atoms with E-state index in [1.54, 1.807) is 0 Å². The van der Waals surface area contributed by atoms with Gasteiger partial charge in [0.05, 0.1) is 16.7 Å². The molecule has 100 valence electrons. The first kappa shape index (κ1) is 12.7. The van der Waals surface area contributed by atoms with Crippen molar-refractivity contribution in [2.75, 3.05) is 4.90 Å². The quantitative estimate of drug-likeness (QED) is 0.727. The first-order valence-electron chi connectivity index (χ1n) is 6.18. The van der Waals surface area contributed by atoms with Gasteiger partial charge in [0.25, 0.3) is 5.24 Å². The summed E-state index contributed by atoms with van der Waals surface area (Å²) in [5, 5.41) is -0.366. The second kappa shape index (κ2) is 5.02. The molecular formula is C15H13N3OS. The number of benzene rings is 2. The number of hydrogen-bond acceptors (Lipinski definition) is 2. The second-order valence-electron chi connectivity index (χ2n) is 4.41. The molecule has 3 rings (SSSR count). The Hall–Kier alpha value is -2.27. The molecule has 1 amide bonds. The van der Waals surface area contributed by atoms with Gasteiger partial charge in [-0.25, -0.2) is 9.88 Å². The molecule has 0 spiro atoms. The first-order valence-corrected chi connectivity index (χ1v) is 6.63. The molecular weight excluding hydrogens is 270 g/mol. The molecule has 0 aliphatic heterocycles. The van der Waals surface area contributed by atoms with E-state index >= 15 is 0 Å². The number of nitrogens with zero attached hydrogens (tertiary/aromatic N) is 3. The SMILES string of the molecule is Cn1c(N(C(=O)S)c2ccccc2)nc2ccccc21. The molecule has 0 atom stereocenters. The number of hydrogen-bond donors (Lipinski definition) is 1. The summed E-state index contributed by atoms with van der Waals surface area (Å²) in [6.07, 6.45) is 0. The lowest BCUT2D eigenvalue weighted by atomic mass is 10.3. The number of amides is 1. The van der Waals surface area contributed by atoms with E-state index in [0.717, 1.165) is 16.7 Å². The van der Waals surface area contributed by atoms with Crippen molar-refractivity contribution in [3.8, 4) is 0 Å². The van der Waals surface area contributed by atoms with E-state index in [1.807, 2.05) is 66.2 Å². The Morgan fingerprint density at radius 1 is 1.10 bits per heavy atom. The smallest absolute Gasteiger partial charge is 0.289 e. The molecule has 1 heterocycles. The maximum absolute atomic E-state index is 11.9. The van der Waals surface area contributed by atoms with Crippen LogP contribution in [0.4, 0.5) is 16.4 Å². The van der Waals surface area contributed by atoms with Crippen LogP contribution in [-0.2, 0) is 7.05 Å². The largest absolute Gasteiger partial charge is 0.313 e. The molecule has 1 aromatic heterocycles.